The fourth-order valence-electron chi connectivity index (χ4n) is 2.26. The summed E-state index contributed by atoms with van der Waals surface area (Å²) in [5, 5.41) is 3.17. The number of ether oxygens (including phenoxy) is 1. The van der Waals surface area contributed by atoms with E-state index >= 15 is 0 Å². The third-order valence-corrected chi connectivity index (χ3v) is 3.35. The lowest BCUT2D eigenvalue weighted by Gasteiger charge is -2.30. The van der Waals surface area contributed by atoms with Crippen molar-refractivity contribution in [3.8, 4) is 5.75 Å². The molecule has 114 valence electrons. The van der Waals surface area contributed by atoms with Crippen LogP contribution in [-0.2, 0) is 9.59 Å². The van der Waals surface area contributed by atoms with Crippen LogP contribution in [0.15, 0.2) is 24.3 Å². The number of carbonyl (C=O) groups excluding carboxylic acids is 2. The second-order valence-corrected chi connectivity index (χ2v) is 5.06. The predicted octanol–water partition coefficient (Wildman–Crippen LogP) is 0.974. The van der Waals surface area contributed by atoms with Crippen molar-refractivity contribution in [2.75, 3.05) is 25.0 Å². The summed E-state index contributed by atoms with van der Waals surface area (Å²) in [7, 11) is 0. The zero-order valence-corrected chi connectivity index (χ0v) is 12.2. The van der Waals surface area contributed by atoms with Crippen LogP contribution in [0.3, 0.4) is 0 Å². The zero-order valence-electron chi connectivity index (χ0n) is 12.2. The summed E-state index contributed by atoms with van der Waals surface area (Å²) in [6.45, 7) is 2.86. The molecule has 2 rings (SSSR count). The fourth-order valence-corrected chi connectivity index (χ4v) is 2.26. The molecule has 0 bridgehead atoms. The molecule has 0 aromatic heterocycles. The van der Waals surface area contributed by atoms with Gasteiger partial charge in [0.15, 0.2) is 6.10 Å². The van der Waals surface area contributed by atoms with Gasteiger partial charge in [0, 0.05) is 6.54 Å². The molecule has 6 heteroatoms. The van der Waals surface area contributed by atoms with Gasteiger partial charge < -0.3 is 20.7 Å². The van der Waals surface area contributed by atoms with Gasteiger partial charge in [-0.15, -0.1) is 0 Å². The van der Waals surface area contributed by atoms with Crippen molar-refractivity contribution in [2.24, 2.45) is 5.73 Å². The molecule has 1 unspecified atom stereocenters. The first kappa shape index (κ1) is 15.2. The van der Waals surface area contributed by atoms with Gasteiger partial charge in [0.1, 0.15) is 5.75 Å². The molecule has 0 fully saturated rings. The number of anilines is 1. The number of hydrogen-bond donors (Lipinski definition) is 2. The van der Waals surface area contributed by atoms with Crippen LogP contribution in [0.4, 0.5) is 5.69 Å². The largest absolute Gasteiger partial charge is 0.477 e. The monoisotopic (exact) mass is 291 g/mol. The van der Waals surface area contributed by atoms with Crippen molar-refractivity contribution in [1.82, 2.24) is 4.90 Å². The van der Waals surface area contributed by atoms with Gasteiger partial charge in [0.25, 0.3) is 5.91 Å². The first-order valence-electron chi connectivity index (χ1n) is 7.18. The van der Waals surface area contributed by atoms with E-state index < -0.39 is 12.0 Å². The molecule has 0 saturated heterocycles. The number of rotatable bonds is 6. The first-order chi connectivity index (χ1) is 10.1. The van der Waals surface area contributed by atoms with Crippen LogP contribution in [0.2, 0.25) is 0 Å². The molecule has 0 saturated carbocycles. The molecule has 0 aliphatic carbocycles. The van der Waals surface area contributed by atoms with Crippen molar-refractivity contribution in [2.45, 2.75) is 25.9 Å². The molecule has 3 N–H and O–H groups in total. The number of primary amides is 1. The third kappa shape index (κ3) is 3.87. The number of unbranched alkanes of at least 4 members (excludes halogenated alkanes) is 1. The third-order valence-electron chi connectivity index (χ3n) is 3.35. The normalized spacial score (nSPS) is 16.3. The van der Waals surface area contributed by atoms with E-state index in [1.165, 1.54) is 4.90 Å². The second kappa shape index (κ2) is 6.97. The first-order valence-corrected chi connectivity index (χ1v) is 7.18. The average Bonchev–Trinajstić information content (AvgIpc) is 2.50. The van der Waals surface area contributed by atoms with Gasteiger partial charge in [-0.3, -0.25) is 9.59 Å². The van der Waals surface area contributed by atoms with Gasteiger partial charge in [-0.2, -0.15) is 0 Å². The lowest BCUT2D eigenvalue weighted by molar-refractivity contribution is -0.141. The van der Waals surface area contributed by atoms with Gasteiger partial charge in [0.2, 0.25) is 5.91 Å². The summed E-state index contributed by atoms with van der Waals surface area (Å²) in [6, 6.07) is 7.46. The van der Waals surface area contributed by atoms with Crippen molar-refractivity contribution in [1.29, 1.82) is 0 Å². The summed E-state index contributed by atoms with van der Waals surface area (Å²) < 4.78 is 5.73. The predicted molar refractivity (Wildman–Crippen MR) is 80.0 cm³/mol. The molecule has 1 heterocycles. The lowest BCUT2D eigenvalue weighted by Crippen LogP contribution is -2.49. The summed E-state index contributed by atoms with van der Waals surface area (Å²) in [6.07, 6.45) is 1.14. The maximum absolute atomic E-state index is 12.5. The summed E-state index contributed by atoms with van der Waals surface area (Å²) in [4.78, 5) is 25.1. The molecule has 1 aromatic carbocycles. The number of para-hydroxylation sites is 2. The summed E-state index contributed by atoms with van der Waals surface area (Å²) >= 11 is 0. The van der Waals surface area contributed by atoms with Crippen molar-refractivity contribution >= 4 is 17.5 Å². The van der Waals surface area contributed by atoms with Gasteiger partial charge >= 0.3 is 0 Å². The summed E-state index contributed by atoms with van der Waals surface area (Å²) in [5.74, 6) is -0.0653. The Morgan fingerprint density at radius 1 is 1.43 bits per heavy atom. The SMILES string of the molecule is CCCCN(CC(N)=O)C(=O)C1CNc2ccccc2O1. The highest BCUT2D eigenvalue weighted by Crippen LogP contribution is 2.28. The molecule has 2 amide bonds. The Hall–Kier alpha value is -2.24. The molecule has 1 aliphatic rings. The molecule has 0 spiro atoms. The van der Waals surface area contributed by atoms with Crippen LogP contribution in [0.1, 0.15) is 19.8 Å². The van der Waals surface area contributed by atoms with Crippen LogP contribution >= 0.6 is 0 Å². The molecular formula is C15H21N3O3. The van der Waals surface area contributed by atoms with Crippen LogP contribution in [0.5, 0.6) is 5.75 Å². The number of nitrogens with one attached hydrogen (secondary N) is 1. The van der Waals surface area contributed by atoms with Crippen molar-refractivity contribution in [3.05, 3.63) is 24.3 Å². The number of nitrogens with two attached hydrogens (primary N) is 1. The van der Waals surface area contributed by atoms with E-state index in [-0.39, 0.29) is 12.5 Å². The van der Waals surface area contributed by atoms with Crippen LogP contribution < -0.4 is 15.8 Å². The standard InChI is InChI=1S/C15H21N3O3/c1-2-3-8-18(10-14(16)19)15(20)13-9-17-11-6-4-5-7-12(11)21-13/h4-7,13,17H,2-3,8-10H2,1H3,(H2,16,19). The minimum absolute atomic E-state index is 0.0691. The van der Waals surface area contributed by atoms with E-state index in [9.17, 15) is 9.59 Å². The number of benzene rings is 1. The number of amides is 2. The van der Waals surface area contributed by atoms with E-state index in [2.05, 4.69) is 5.32 Å². The number of carbonyl (C=O) groups is 2. The Kier molecular flexibility index (Phi) is 5.03. The average molecular weight is 291 g/mol. The van der Waals surface area contributed by atoms with E-state index in [1.54, 1.807) is 0 Å². The molecule has 1 aromatic rings. The maximum Gasteiger partial charge on any atom is 0.265 e. The molecule has 21 heavy (non-hydrogen) atoms. The quantitative estimate of drug-likeness (QED) is 0.818. The fraction of sp³-hybridized carbons (Fsp3) is 0.467. The Morgan fingerprint density at radius 2 is 2.19 bits per heavy atom. The van der Waals surface area contributed by atoms with E-state index in [4.69, 9.17) is 10.5 Å². The highest BCUT2D eigenvalue weighted by molar-refractivity contribution is 5.87. The Balaban J connectivity index is 2.05. The highest BCUT2D eigenvalue weighted by Gasteiger charge is 2.30. The molecule has 1 atom stereocenters. The topological polar surface area (TPSA) is 84.7 Å². The lowest BCUT2D eigenvalue weighted by atomic mass is 10.2. The van der Waals surface area contributed by atoms with Gasteiger partial charge in [-0.1, -0.05) is 25.5 Å². The summed E-state index contributed by atoms with van der Waals surface area (Å²) in [5.41, 5.74) is 6.09. The Morgan fingerprint density at radius 3 is 2.90 bits per heavy atom. The molecule has 0 radical (unpaired) electrons. The van der Waals surface area contributed by atoms with Gasteiger partial charge in [-0.05, 0) is 18.6 Å². The van der Waals surface area contributed by atoms with Crippen LogP contribution in [0, 0.1) is 0 Å². The minimum atomic E-state index is -0.629. The van der Waals surface area contributed by atoms with E-state index in [1.807, 2.05) is 31.2 Å². The van der Waals surface area contributed by atoms with Crippen LogP contribution in [-0.4, -0.2) is 42.5 Å². The minimum Gasteiger partial charge on any atom is -0.477 e. The maximum atomic E-state index is 12.5. The highest BCUT2D eigenvalue weighted by atomic mass is 16.5. The van der Waals surface area contributed by atoms with Gasteiger partial charge in [0.05, 0.1) is 18.8 Å². The molecule has 1 aliphatic heterocycles. The van der Waals surface area contributed by atoms with Crippen molar-refractivity contribution < 1.29 is 14.3 Å². The van der Waals surface area contributed by atoms with E-state index in [0.29, 0.717) is 18.8 Å². The van der Waals surface area contributed by atoms with Gasteiger partial charge in [-0.25, -0.2) is 0 Å². The Labute approximate surface area is 124 Å². The molecular weight excluding hydrogens is 270 g/mol. The van der Waals surface area contributed by atoms with E-state index in [0.717, 1.165) is 18.5 Å². The number of fused-ring (bicyclic) bond motifs is 1. The number of nitrogens with zero attached hydrogens (tertiary/aromatic N) is 1. The zero-order chi connectivity index (χ0) is 15.2. The molecule has 6 nitrogen and oxygen atoms in total. The van der Waals surface area contributed by atoms with Crippen molar-refractivity contribution in [3.63, 3.8) is 0 Å². The number of hydrogen-bond acceptors (Lipinski definition) is 4. The Bertz CT molecular complexity index is 519. The van der Waals surface area contributed by atoms with Crippen LogP contribution in [0.25, 0.3) is 0 Å². The smallest absolute Gasteiger partial charge is 0.265 e. The second-order valence-electron chi connectivity index (χ2n) is 5.06.